The van der Waals surface area contributed by atoms with Gasteiger partial charge >= 0.3 is 6.03 Å². The van der Waals surface area contributed by atoms with Crippen LogP contribution in [0, 0.1) is 5.82 Å². The van der Waals surface area contributed by atoms with Crippen molar-refractivity contribution in [2.24, 2.45) is 5.73 Å². The Hall–Kier alpha value is -2.41. The summed E-state index contributed by atoms with van der Waals surface area (Å²) in [5.74, 6) is -1.22. The molecule has 0 saturated carbocycles. The Bertz CT molecular complexity index is 706. The average molecular weight is 352 g/mol. The van der Waals surface area contributed by atoms with Gasteiger partial charge in [0.15, 0.2) is 0 Å². The van der Waals surface area contributed by atoms with Crippen molar-refractivity contribution in [3.05, 3.63) is 58.3 Å². The Morgan fingerprint density at radius 1 is 1.05 bits per heavy atom. The molecular formula is C14H11BrFN3O2. The minimum atomic E-state index is -0.712. The molecule has 0 bridgehead atoms. The van der Waals surface area contributed by atoms with Gasteiger partial charge in [-0.3, -0.25) is 4.79 Å². The molecule has 0 fully saturated rings. The molecule has 2 aromatic rings. The van der Waals surface area contributed by atoms with Crippen LogP contribution in [0.25, 0.3) is 0 Å². The number of rotatable bonds is 3. The van der Waals surface area contributed by atoms with Crippen molar-refractivity contribution in [1.82, 2.24) is 0 Å². The maximum Gasteiger partial charge on any atom is 0.316 e. The van der Waals surface area contributed by atoms with Crippen LogP contribution in [-0.2, 0) is 0 Å². The van der Waals surface area contributed by atoms with Gasteiger partial charge in [-0.1, -0.05) is 22.0 Å². The summed E-state index contributed by atoms with van der Waals surface area (Å²) in [7, 11) is 0. The number of hydrogen-bond acceptors (Lipinski definition) is 2. The quantitative estimate of drug-likeness (QED) is 0.792. The first-order valence-electron chi connectivity index (χ1n) is 5.88. The monoisotopic (exact) mass is 351 g/mol. The molecule has 0 spiro atoms. The number of nitrogens with one attached hydrogen (secondary N) is 2. The SMILES string of the molecule is NC(=O)Nc1cccc(NC(=O)c2cc(Br)ccc2F)c1. The molecule has 4 N–H and O–H groups in total. The molecule has 0 aliphatic carbocycles. The maximum absolute atomic E-state index is 13.6. The molecule has 5 nitrogen and oxygen atoms in total. The molecule has 2 aromatic carbocycles. The molecule has 21 heavy (non-hydrogen) atoms. The second-order valence-corrected chi connectivity index (χ2v) is 5.06. The molecule has 108 valence electrons. The third kappa shape index (κ3) is 4.03. The topological polar surface area (TPSA) is 84.2 Å². The fourth-order valence-corrected chi connectivity index (χ4v) is 2.05. The van der Waals surface area contributed by atoms with Gasteiger partial charge in [0.1, 0.15) is 5.82 Å². The van der Waals surface area contributed by atoms with Crippen LogP contribution in [0.2, 0.25) is 0 Å². The summed E-state index contributed by atoms with van der Waals surface area (Å²) in [4.78, 5) is 22.8. The third-order valence-electron chi connectivity index (χ3n) is 2.56. The minimum Gasteiger partial charge on any atom is -0.351 e. The van der Waals surface area contributed by atoms with Crippen LogP contribution in [0.5, 0.6) is 0 Å². The molecule has 7 heteroatoms. The van der Waals surface area contributed by atoms with Crippen molar-refractivity contribution in [3.63, 3.8) is 0 Å². The predicted molar refractivity (Wildman–Crippen MR) is 81.7 cm³/mol. The van der Waals surface area contributed by atoms with Gasteiger partial charge in [-0.15, -0.1) is 0 Å². The number of carbonyl (C=O) groups is 2. The number of nitrogens with two attached hydrogens (primary N) is 1. The van der Waals surface area contributed by atoms with Gasteiger partial charge in [-0.2, -0.15) is 0 Å². The van der Waals surface area contributed by atoms with E-state index in [4.69, 9.17) is 5.73 Å². The smallest absolute Gasteiger partial charge is 0.316 e. The Kier molecular flexibility index (Phi) is 4.54. The zero-order chi connectivity index (χ0) is 15.4. The second kappa shape index (κ2) is 6.36. The van der Waals surface area contributed by atoms with Crippen molar-refractivity contribution in [1.29, 1.82) is 0 Å². The van der Waals surface area contributed by atoms with Crippen molar-refractivity contribution in [2.45, 2.75) is 0 Å². The summed E-state index contributed by atoms with van der Waals surface area (Å²) < 4.78 is 14.2. The fourth-order valence-electron chi connectivity index (χ4n) is 1.69. The number of halogens is 2. The maximum atomic E-state index is 13.6. The van der Waals surface area contributed by atoms with Gasteiger partial charge in [0.05, 0.1) is 5.56 Å². The van der Waals surface area contributed by atoms with E-state index in [1.165, 1.54) is 24.3 Å². The first-order valence-corrected chi connectivity index (χ1v) is 6.68. The predicted octanol–water partition coefficient (Wildman–Crippen LogP) is 3.33. The normalized spacial score (nSPS) is 10.0. The third-order valence-corrected chi connectivity index (χ3v) is 3.05. The lowest BCUT2D eigenvalue weighted by Gasteiger charge is -2.08. The molecule has 0 aliphatic rings. The number of benzene rings is 2. The fraction of sp³-hybridized carbons (Fsp3) is 0. The van der Waals surface area contributed by atoms with Gasteiger partial charge in [0.25, 0.3) is 5.91 Å². The molecule has 0 aromatic heterocycles. The number of hydrogen-bond donors (Lipinski definition) is 3. The summed E-state index contributed by atoms with van der Waals surface area (Å²) in [6, 6.07) is 9.73. The summed E-state index contributed by atoms with van der Waals surface area (Å²) in [6.45, 7) is 0. The largest absolute Gasteiger partial charge is 0.351 e. The van der Waals surface area contributed by atoms with Crippen LogP contribution in [0.4, 0.5) is 20.6 Å². The molecule has 3 amide bonds. The van der Waals surface area contributed by atoms with E-state index in [1.807, 2.05) is 0 Å². The van der Waals surface area contributed by atoms with E-state index in [2.05, 4.69) is 26.6 Å². The van der Waals surface area contributed by atoms with E-state index in [1.54, 1.807) is 18.2 Å². The molecule has 0 unspecified atom stereocenters. The summed E-state index contributed by atoms with van der Waals surface area (Å²) in [6.07, 6.45) is 0. The highest BCUT2D eigenvalue weighted by Crippen LogP contribution is 2.19. The van der Waals surface area contributed by atoms with Crippen molar-refractivity contribution >= 4 is 39.2 Å². The highest BCUT2D eigenvalue weighted by atomic mass is 79.9. The van der Waals surface area contributed by atoms with E-state index in [0.29, 0.717) is 15.8 Å². The van der Waals surface area contributed by atoms with Crippen molar-refractivity contribution in [2.75, 3.05) is 10.6 Å². The van der Waals surface area contributed by atoms with Crippen LogP contribution in [0.1, 0.15) is 10.4 Å². The van der Waals surface area contributed by atoms with E-state index in [9.17, 15) is 14.0 Å². The second-order valence-electron chi connectivity index (χ2n) is 4.15. The van der Waals surface area contributed by atoms with Crippen molar-refractivity contribution in [3.8, 4) is 0 Å². The van der Waals surface area contributed by atoms with Gasteiger partial charge in [-0.05, 0) is 36.4 Å². The Morgan fingerprint density at radius 2 is 1.71 bits per heavy atom. The minimum absolute atomic E-state index is 0.0855. The van der Waals surface area contributed by atoms with E-state index in [0.717, 1.165) is 0 Å². The van der Waals surface area contributed by atoms with Crippen LogP contribution in [0.15, 0.2) is 46.9 Å². The van der Waals surface area contributed by atoms with Crippen LogP contribution >= 0.6 is 15.9 Å². The van der Waals surface area contributed by atoms with Gasteiger partial charge in [0.2, 0.25) is 0 Å². The number of carbonyl (C=O) groups excluding carboxylic acids is 2. The lowest BCUT2D eigenvalue weighted by atomic mass is 10.2. The first-order chi connectivity index (χ1) is 9.95. The zero-order valence-corrected chi connectivity index (χ0v) is 12.3. The Balaban J connectivity index is 2.19. The van der Waals surface area contributed by atoms with Gasteiger partial charge in [-0.25, -0.2) is 9.18 Å². The highest BCUT2D eigenvalue weighted by molar-refractivity contribution is 9.10. The molecular weight excluding hydrogens is 341 g/mol. The number of primary amides is 1. The zero-order valence-electron chi connectivity index (χ0n) is 10.7. The molecule has 0 aliphatic heterocycles. The van der Waals surface area contributed by atoms with Crippen molar-refractivity contribution < 1.29 is 14.0 Å². The molecule has 2 rings (SSSR count). The summed E-state index contributed by atoms with van der Waals surface area (Å²) in [5.41, 5.74) is 5.76. The first kappa shape index (κ1) is 15.0. The average Bonchev–Trinajstić information content (AvgIpc) is 2.41. The lowest BCUT2D eigenvalue weighted by Crippen LogP contribution is -2.19. The summed E-state index contributed by atoms with van der Waals surface area (Å²) in [5, 5.41) is 4.93. The summed E-state index contributed by atoms with van der Waals surface area (Å²) >= 11 is 3.18. The molecule has 0 atom stereocenters. The van der Waals surface area contributed by atoms with Crippen LogP contribution < -0.4 is 16.4 Å². The van der Waals surface area contributed by atoms with Crippen LogP contribution in [0.3, 0.4) is 0 Å². The molecule has 0 saturated heterocycles. The van der Waals surface area contributed by atoms with E-state index >= 15 is 0 Å². The van der Waals surface area contributed by atoms with E-state index < -0.39 is 17.8 Å². The Morgan fingerprint density at radius 3 is 2.38 bits per heavy atom. The number of urea groups is 1. The Labute approximate surface area is 128 Å². The van der Waals surface area contributed by atoms with Gasteiger partial charge in [0, 0.05) is 15.8 Å². The number of amides is 3. The lowest BCUT2D eigenvalue weighted by molar-refractivity contribution is 0.102. The van der Waals surface area contributed by atoms with Crippen LogP contribution in [-0.4, -0.2) is 11.9 Å². The van der Waals surface area contributed by atoms with E-state index in [-0.39, 0.29) is 5.56 Å². The molecule has 0 radical (unpaired) electrons. The molecule has 0 heterocycles. The standard InChI is InChI=1S/C14H11BrFN3O2/c15-8-4-5-12(16)11(6-8)13(20)18-9-2-1-3-10(7-9)19-14(17)21/h1-7H,(H,18,20)(H3,17,19,21). The van der Waals surface area contributed by atoms with Gasteiger partial charge < -0.3 is 16.4 Å². The highest BCUT2D eigenvalue weighted by Gasteiger charge is 2.12. The number of anilines is 2.